The second kappa shape index (κ2) is 6.04. The second-order valence-electron chi connectivity index (χ2n) is 4.11. The van der Waals surface area contributed by atoms with Gasteiger partial charge in [0.15, 0.2) is 5.82 Å². The number of anilines is 2. The van der Waals surface area contributed by atoms with Crippen molar-refractivity contribution in [3.05, 3.63) is 41.7 Å². The highest BCUT2D eigenvalue weighted by Gasteiger charge is 2.05. The van der Waals surface area contributed by atoms with Crippen molar-refractivity contribution in [3.8, 4) is 5.88 Å². The fourth-order valence-corrected chi connectivity index (χ4v) is 1.83. The Morgan fingerprint density at radius 3 is 2.89 bits per heavy atom. The third-order valence-electron chi connectivity index (χ3n) is 2.90. The minimum absolute atomic E-state index is 0.536. The van der Waals surface area contributed by atoms with Crippen molar-refractivity contribution in [2.75, 3.05) is 18.2 Å². The van der Waals surface area contributed by atoms with Crippen molar-refractivity contribution in [1.29, 1.82) is 0 Å². The van der Waals surface area contributed by atoms with Crippen LogP contribution in [-0.2, 0) is 13.0 Å². The third kappa shape index (κ3) is 3.13. The van der Waals surface area contributed by atoms with Crippen molar-refractivity contribution in [3.63, 3.8) is 0 Å². The topological polar surface area (TPSA) is 73.1 Å². The molecule has 0 fully saturated rings. The Hall–Kier alpha value is -2.30. The Bertz CT molecular complexity index is 557. The number of rotatable bonds is 5. The number of hydrogen-bond donors (Lipinski definition) is 2. The molecule has 0 radical (unpaired) electrons. The molecule has 0 unspecified atom stereocenters. The lowest BCUT2D eigenvalue weighted by molar-refractivity contribution is 0.398. The van der Waals surface area contributed by atoms with Crippen LogP contribution < -0.4 is 15.8 Å². The number of nitrogen functional groups attached to an aromatic ring is 1. The molecular formula is C14H18N4O. The van der Waals surface area contributed by atoms with E-state index in [0.29, 0.717) is 23.9 Å². The molecule has 0 saturated heterocycles. The number of nitrogens with zero attached hydrogens (tertiary/aromatic N) is 2. The average Bonchev–Trinajstić information content (AvgIpc) is 2.46. The van der Waals surface area contributed by atoms with Crippen LogP contribution in [-0.4, -0.2) is 17.1 Å². The van der Waals surface area contributed by atoms with Gasteiger partial charge in [0.1, 0.15) is 0 Å². The zero-order valence-corrected chi connectivity index (χ0v) is 11.2. The zero-order chi connectivity index (χ0) is 13.7. The smallest absolute Gasteiger partial charge is 0.215 e. The fourth-order valence-electron chi connectivity index (χ4n) is 1.83. The van der Waals surface area contributed by atoms with Gasteiger partial charge in [-0.25, -0.2) is 0 Å². The number of aromatic nitrogens is 2. The molecule has 0 aliphatic rings. The first-order valence-electron chi connectivity index (χ1n) is 6.21. The molecular weight excluding hydrogens is 240 g/mol. The SMILES string of the molecule is CCc1cccnc1CNc1nc(OC)ccc1N. The monoisotopic (exact) mass is 258 g/mol. The van der Waals surface area contributed by atoms with Crippen LogP contribution in [0.4, 0.5) is 11.5 Å². The number of methoxy groups -OCH3 is 1. The molecule has 0 atom stereocenters. The highest BCUT2D eigenvalue weighted by atomic mass is 16.5. The number of hydrogen-bond acceptors (Lipinski definition) is 5. The van der Waals surface area contributed by atoms with Gasteiger partial charge in [0.2, 0.25) is 5.88 Å². The molecule has 2 aromatic heterocycles. The van der Waals surface area contributed by atoms with Crippen molar-refractivity contribution in [2.45, 2.75) is 19.9 Å². The number of aryl methyl sites for hydroxylation is 1. The van der Waals surface area contributed by atoms with Gasteiger partial charge in [-0.05, 0) is 24.1 Å². The van der Waals surface area contributed by atoms with Crippen LogP contribution >= 0.6 is 0 Å². The maximum atomic E-state index is 5.88. The number of nitrogens with two attached hydrogens (primary N) is 1. The molecule has 2 rings (SSSR count). The van der Waals surface area contributed by atoms with Crippen LogP contribution in [0.1, 0.15) is 18.2 Å². The lowest BCUT2D eigenvalue weighted by atomic mass is 10.1. The van der Waals surface area contributed by atoms with Gasteiger partial charge in [-0.2, -0.15) is 4.98 Å². The number of nitrogens with one attached hydrogen (secondary N) is 1. The minimum atomic E-state index is 0.536. The first-order chi connectivity index (χ1) is 9.24. The van der Waals surface area contributed by atoms with Crippen molar-refractivity contribution in [2.24, 2.45) is 0 Å². The summed E-state index contributed by atoms with van der Waals surface area (Å²) in [4.78, 5) is 8.65. The Morgan fingerprint density at radius 2 is 2.16 bits per heavy atom. The van der Waals surface area contributed by atoms with Crippen molar-refractivity contribution < 1.29 is 4.74 Å². The van der Waals surface area contributed by atoms with Crippen LogP contribution in [0.15, 0.2) is 30.5 Å². The summed E-state index contributed by atoms with van der Waals surface area (Å²) in [6.45, 7) is 2.70. The normalized spacial score (nSPS) is 10.2. The zero-order valence-electron chi connectivity index (χ0n) is 11.2. The first-order valence-corrected chi connectivity index (χ1v) is 6.21. The summed E-state index contributed by atoms with van der Waals surface area (Å²) < 4.78 is 5.08. The van der Waals surface area contributed by atoms with Gasteiger partial charge in [-0.1, -0.05) is 13.0 Å². The van der Waals surface area contributed by atoms with Gasteiger partial charge in [0, 0.05) is 12.3 Å². The van der Waals surface area contributed by atoms with Crippen LogP contribution in [0.2, 0.25) is 0 Å². The summed E-state index contributed by atoms with van der Waals surface area (Å²) in [5.41, 5.74) is 8.70. The molecule has 5 heteroatoms. The quantitative estimate of drug-likeness (QED) is 0.860. The Kier molecular flexibility index (Phi) is 4.18. The highest BCUT2D eigenvalue weighted by molar-refractivity contribution is 5.62. The molecule has 0 aliphatic carbocycles. The molecule has 0 saturated carbocycles. The minimum Gasteiger partial charge on any atom is -0.481 e. The van der Waals surface area contributed by atoms with Crippen LogP contribution in [0.5, 0.6) is 5.88 Å². The molecule has 100 valence electrons. The highest BCUT2D eigenvalue weighted by Crippen LogP contribution is 2.20. The van der Waals surface area contributed by atoms with E-state index < -0.39 is 0 Å². The average molecular weight is 258 g/mol. The lowest BCUT2D eigenvalue weighted by Crippen LogP contribution is -2.08. The van der Waals surface area contributed by atoms with E-state index in [-0.39, 0.29) is 0 Å². The van der Waals surface area contributed by atoms with Gasteiger partial charge < -0.3 is 15.8 Å². The van der Waals surface area contributed by atoms with Gasteiger partial charge in [0.25, 0.3) is 0 Å². The van der Waals surface area contributed by atoms with Crippen LogP contribution in [0.3, 0.4) is 0 Å². The van der Waals surface area contributed by atoms with E-state index in [1.165, 1.54) is 5.56 Å². The molecule has 0 bridgehead atoms. The standard InChI is InChI=1S/C14H18N4O/c1-3-10-5-4-8-16-12(10)9-17-14-11(15)6-7-13(18-14)19-2/h4-8H,3,9,15H2,1-2H3,(H,17,18). The van der Waals surface area contributed by atoms with Gasteiger partial charge in [-0.3, -0.25) is 4.98 Å². The predicted octanol–water partition coefficient (Wildman–Crippen LogP) is 2.24. The van der Waals surface area contributed by atoms with E-state index in [1.54, 1.807) is 25.4 Å². The molecule has 0 aliphatic heterocycles. The second-order valence-corrected chi connectivity index (χ2v) is 4.11. The summed E-state index contributed by atoms with van der Waals surface area (Å²) >= 11 is 0. The Balaban J connectivity index is 2.14. The summed E-state index contributed by atoms with van der Waals surface area (Å²) in [7, 11) is 1.58. The lowest BCUT2D eigenvalue weighted by Gasteiger charge is -2.11. The van der Waals surface area contributed by atoms with Gasteiger partial charge >= 0.3 is 0 Å². The first kappa shape index (κ1) is 13.1. The predicted molar refractivity (Wildman–Crippen MR) is 76.1 cm³/mol. The molecule has 3 N–H and O–H groups in total. The van der Waals surface area contributed by atoms with Crippen molar-refractivity contribution >= 4 is 11.5 Å². The van der Waals surface area contributed by atoms with Crippen LogP contribution in [0, 0.1) is 0 Å². The molecule has 0 spiro atoms. The van der Waals surface area contributed by atoms with Crippen LogP contribution in [0.25, 0.3) is 0 Å². The maximum absolute atomic E-state index is 5.88. The summed E-state index contributed by atoms with van der Waals surface area (Å²) in [6.07, 6.45) is 2.74. The number of ether oxygens (including phenoxy) is 1. The van der Waals surface area contributed by atoms with E-state index >= 15 is 0 Å². The third-order valence-corrected chi connectivity index (χ3v) is 2.90. The molecule has 19 heavy (non-hydrogen) atoms. The molecule has 2 aromatic rings. The molecule has 0 amide bonds. The fraction of sp³-hybridized carbons (Fsp3) is 0.286. The summed E-state index contributed by atoms with van der Waals surface area (Å²) in [6, 6.07) is 7.53. The maximum Gasteiger partial charge on any atom is 0.215 e. The van der Waals surface area contributed by atoms with E-state index in [4.69, 9.17) is 10.5 Å². The largest absolute Gasteiger partial charge is 0.481 e. The summed E-state index contributed by atoms with van der Waals surface area (Å²) in [5.74, 6) is 1.15. The molecule has 2 heterocycles. The van der Waals surface area contributed by atoms with Gasteiger partial charge in [0.05, 0.1) is 25.0 Å². The van der Waals surface area contributed by atoms with Gasteiger partial charge in [-0.15, -0.1) is 0 Å². The Morgan fingerprint density at radius 1 is 1.32 bits per heavy atom. The van der Waals surface area contributed by atoms with E-state index in [9.17, 15) is 0 Å². The Labute approximate surface area is 112 Å². The summed E-state index contributed by atoms with van der Waals surface area (Å²) in [5, 5.41) is 3.20. The van der Waals surface area contributed by atoms with Crippen molar-refractivity contribution in [1.82, 2.24) is 9.97 Å². The van der Waals surface area contributed by atoms with E-state index in [2.05, 4.69) is 28.3 Å². The molecule has 5 nitrogen and oxygen atoms in total. The molecule has 0 aromatic carbocycles. The number of pyridine rings is 2. The van der Waals surface area contributed by atoms with E-state index in [0.717, 1.165) is 12.1 Å². The van der Waals surface area contributed by atoms with E-state index in [1.807, 2.05) is 6.07 Å².